The average molecular weight is 319 g/mol. The van der Waals surface area contributed by atoms with Crippen molar-refractivity contribution >= 4 is 17.9 Å². The van der Waals surface area contributed by atoms with E-state index in [2.05, 4.69) is 10.6 Å². The summed E-state index contributed by atoms with van der Waals surface area (Å²) >= 11 is 0. The first-order valence-corrected chi connectivity index (χ1v) is 7.58. The number of hydrogen-bond acceptors (Lipinski definition) is 3. The Balaban J connectivity index is 1.91. The lowest BCUT2D eigenvalue weighted by molar-refractivity contribution is -0.143. The zero-order valence-electron chi connectivity index (χ0n) is 13.0. The number of aliphatic carboxylic acids is 1. The number of hydrogen-bond donors (Lipinski definition) is 3. The highest BCUT2D eigenvalue weighted by Crippen LogP contribution is 2.16. The van der Waals surface area contributed by atoms with Gasteiger partial charge in [-0.2, -0.15) is 0 Å². The van der Waals surface area contributed by atoms with Crippen LogP contribution in [0.1, 0.15) is 28.8 Å². The second-order valence-electron chi connectivity index (χ2n) is 5.56. The molecule has 0 radical (unpaired) electrons. The molecule has 1 saturated heterocycles. The normalized spacial score (nSPS) is 17.4. The van der Waals surface area contributed by atoms with E-state index in [4.69, 9.17) is 5.11 Å². The highest BCUT2D eigenvalue weighted by Gasteiger charge is 2.27. The first kappa shape index (κ1) is 16.8. The van der Waals surface area contributed by atoms with E-state index in [9.17, 15) is 14.4 Å². The average Bonchev–Trinajstić information content (AvgIpc) is 2.59. The van der Waals surface area contributed by atoms with Gasteiger partial charge in [0.25, 0.3) is 5.91 Å². The molecule has 1 atom stereocenters. The number of nitrogens with one attached hydrogen (secondary N) is 2. The molecule has 2 rings (SSSR count). The van der Waals surface area contributed by atoms with Crippen molar-refractivity contribution in [3.63, 3.8) is 0 Å². The third kappa shape index (κ3) is 4.45. The zero-order chi connectivity index (χ0) is 16.8. The molecule has 7 heteroatoms. The Morgan fingerprint density at radius 3 is 2.83 bits per heavy atom. The van der Waals surface area contributed by atoms with Gasteiger partial charge in [-0.05, 0) is 30.5 Å². The van der Waals surface area contributed by atoms with Crippen molar-refractivity contribution < 1.29 is 19.5 Å². The molecule has 0 spiro atoms. The van der Waals surface area contributed by atoms with Crippen molar-refractivity contribution in [2.24, 2.45) is 5.92 Å². The van der Waals surface area contributed by atoms with Crippen LogP contribution in [0.3, 0.4) is 0 Å². The molecule has 0 aromatic heterocycles. The number of urea groups is 1. The number of carboxylic acids is 1. The minimum Gasteiger partial charge on any atom is -0.481 e. The van der Waals surface area contributed by atoms with Crippen LogP contribution in [0.5, 0.6) is 0 Å². The standard InChI is InChI=1S/C16H21N3O4/c1-17-14(20)12-5-2-4-11(8-12)9-18-16(23)19-7-3-6-13(10-19)15(21)22/h2,4-5,8,13H,3,6-7,9-10H2,1H3,(H,17,20)(H,18,23)(H,21,22). The Kier molecular flexibility index (Phi) is 5.56. The summed E-state index contributed by atoms with van der Waals surface area (Å²) in [5.41, 5.74) is 1.34. The molecule has 1 aromatic rings. The van der Waals surface area contributed by atoms with Crippen molar-refractivity contribution in [1.82, 2.24) is 15.5 Å². The molecular formula is C16H21N3O4. The fourth-order valence-corrected chi connectivity index (χ4v) is 2.62. The molecule has 0 saturated carbocycles. The maximum atomic E-state index is 12.2. The van der Waals surface area contributed by atoms with Gasteiger partial charge in [0.05, 0.1) is 5.92 Å². The molecule has 0 bridgehead atoms. The number of benzene rings is 1. The SMILES string of the molecule is CNC(=O)c1cccc(CNC(=O)N2CCCC(C(=O)O)C2)c1. The van der Waals surface area contributed by atoms with E-state index in [0.717, 1.165) is 5.56 Å². The third-order valence-corrected chi connectivity index (χ3v) is 3.92. The quantitative estimate of drug-likeness (QED) is 0.772. The third-order valence-electron chi connectivity index (χ3n) is 3.92. The largest absolute Gasteiger partial charge is 0.481 e. The fraction of sp³-hybridized carbons (Fsp3) is 0.438. The van der Waals surface area contributed by atoms with Crippen LogP contribution in [0.2, 0.25) is 0 Å². The second-order valence-corrected chi connectivity index (χ2v) is 5.56. The number of amides is 3. The summed E-state index contributed by atoms with van der Waals surface area (Å²) in [6.45, 7) is 1.09. The van der Waals surface area contributed by atoms with Crippen LogP contribution in [0.15, 0.2) is 24.3 Å². The predicted molar refractivity (Wildman–Crippen MR) is 84.0 cm³/mol. The van der Waals surface area contributed by atoms with Crippen molar-refractivity contribution in [2.75, 3.05) is 20.1 Å². The minimum atomic E-state index is -0.860. The molecule has 1 aromatic carbocycles. The Hall–Kier alpha value is -2.57. The van der Waals surface area contributed by atoms with Crippen LogP contribution >= 0.6 is 0 Å². The summed E-state index contributed by atoms with van der Waals surface area (Å²) in [7, 11) is 1.56. The Morgan fingerprint density at radius 1 is 1.35 bits per heavy atom. The molecule has 7 nitrogen and oxygen atoms in total. The van der Waals surface area contributed by atoms with E-state index >= 15 is 0 Å². The van der Waals surface area contributed by atoms with E-state index in [1.807, 2.05) is 6.07 Å². The first-order chi connectivity index (χ1) is 11.0. The Labute approximate surface area is 134 Å². The molecule has 1 aliphatic rings. The molecule has 1 fully saturated rings. The summed E-state index contributed by atoms with van der Waals surface area (Å²) < 4.78 is 0. The van der Waals surface area contributed by atoms with Gasteiger partial charge in [0.2, 0.25) is 0 Å². The van der Waals surface area contributed by atoms with Crippen molar-refractivity contribution in [3.8, 4) is 0 Å². The molecular weight excluding hydrogens is 298 g/mol. The molecule has 0 aliphatic carbocycles. The summed E-state index contributed by atoms with van der Waals surface area (Å²) in [5.74, 6) is -1.54. The Morgan fingerprint density at radius 2 is 2.13 bits per heavy atom. The van der Waals surface area contributed by atoms with Crippen molar-refractivity contribution in [3.05, 3.63) is 35.4 Å². The lowest BCUT2D eigenvalue weighted by atomic mass is 9.99. The number of rotatable bonds is 4. The lowest BCUT2D eigenvalue weighted by Gasteiger charge is -2.30. The lowest BCUT2D eigenvalue weighted by Crippen LogP contribution is -2.46. The topological polar surface area (TPSA) is 98.7 Å². The van der Waals surface area contributed by atoms with Gasteiger partial charge in [-0.1, -0.05) is 12.1 Å². The van der Waals surface area contributed by atoms with Gasteiger partial charge in [0.15, 0.2) is 0 Å². The highest BCUT2D eigenvalue weighted by atomic mass is 16.4. The molecule has 1 heterocycles. The molecule has 1 unspecified atom stereocenters. The predicted octanol–water partition coefficient (Wildman–Crippen LogP) is 1.05. The number of carbonyl (C=O) groups excluding carboxylic acids is 2. The van der Waals surface area contributed by atoms with E-state index < -0.39 is 11.9 Å². The van der Waals surface area contributed by atoms with Crippen LogP contribution in [0.4, 0.5) is 4.79 Å². The summed E-state index contributed by atoms with van der Waals surface area (Å²) in [5, 5.41) is 14.4. The molecule has 3 amide bonds. The summed E-state index contributed by atoms with van der Waals surface area (Å²) in [6.07, 6.45) is 1.30. The maximum absolute atomic E-state index is 12.2. The smallest absolute Gasteiger partial charge is 0.317 e. The van der Waals surface area contributed by atoms with Gasteiger partial charge in [0.1, 0.15) is 0 Å². The van der Waals surface area contributed by atoms with Crippen LogP contribution < -0.4 is 10.6 Å². The molecule has 1 aliphatic heterocycles. The van der Waals surface area contributed by atoms with E-state index in [1.165, 1.54) is 4.90 Å². The number of nitrogens with zero attached hydrogens (tertiary/aromatic N) is 1. The van der Waals surface area contributed by atoms with Crippen molar-refractivity contribution in [1.29, 1.82) is 0 Å². The van der Waals surface area contributed by atoms with Crippen LogP contribution in [-0.2, 0) is 11.3 Å². The van der Waals surface area contributed by atoms with Gasteiger partial charge in [-0.25, -0.2) is 4.79 Å². The van der Waals surface area contributed by atoms with Gasteiger partial charge in [-0.3, -0.25) is 9.59 Å². The molecule has 23 heavy (non-hydrogen) atoms. The monoisotopic (exact) mass is 319 g/mol. The fourth-order valence-electron chi connectivity index (χ4n) is 2.62. The number of carboxylic acid groups (broad SMARTS) is 1. The van der Waals surface area contributed by atoms with Gasteiger partial charge in [0, 0.05) is 32.2 Å². The van der Waals surface area contributed by atoms with Crippen LogP contribution in [-0.4, -0.2) is 48.1 Å². The van der Waals surface area contributed by atoms with Crippen molar-refractivity contribution in [2.45, 2.75) is 19.4 Å². The molecule has 124 valence electrons. The van der Waals surface area contributed by atoms with Gasteiger partial charge >= 0.3 is 12.0 Å². The van der Waals surface area contributed by atoms with E-state index in [0.29, 0.717) is 24.9 Å². The zero-order valence-corrected chi connectivity index (χ0v) is 13.0. The summed E-state index contributed by atoms with van der Waals surface area (Å²) in [4.78, 5) is 36.3. The first-order valence-electron chi connectivity index (χ1n) is 7.58. The van der Waals surface area contributed by atoms with Gasteiger partial charge < -0.3 is 20.6 Å². The van der Waals surface area contributed by atoms with Crippen LogP contribution in [0, 0.1) is 5.92 Å². The number of likely N-dealkylation sites (tertiary alicyclic amines) is 1. The highest BCUT2D eigenvalue weighted by molar-refractivity contribution is 5.94. The van der Waals surface area contributed by atoms with Crippen LogP contribution in [0.25, 0.3) is 0 Å². The number of piperidine rings is 1. The second kappa shape index (κ2) is 7.62. The van der Waals surface area contributed by atoms with E-state index in [1.54, 1.807) is 25.2 Å². The maximum Gasteiger partial charge on any atom is 0.317 e. The molecule has 3 N–H and O–H groups in total. The minimum absolute atomic E-state index is 0.182. The van der Waals surface area contributed by atoms with E-state index in [-0.39, 0.29) is 25.0 Å². The summed E-state index contributed by atoms with van der Waals surface area (Å²) in [6, 6.07) is 6.72. The Bertz CT molecular complexity index is 603. The number of carbonyl (C=O) groups is 3. The van der Waals surface area contributed by atoms with Gasteiger partial charge in [-0.15, -0.1) is 0 Å².